The predicted octanol–water partition coefficient (Wildman–Crippen LogP) is 3.65. The van der Waals surface area contributed by atoms with E-state index >= 15 is 0 Å². The number of benzene rings is 2. The van der Waals surface area contributed by atoms with Gasteiger partial charge < -0.3 is 14.7 Å². The molecule has 3 N–H and O–H groups in total. The van der Waals surface area contributed by atoms with Crippen molar-refractivity contribution >= 4 is 28.6 Å². The number of esters is 1. The van der Waals surface area contributed by atoms with Gasteiger partial charge in [-0.3, -0.25) is 14.3 Å². The molecule has 9 nitrogen and oxygen atoms in total. The Morgan fingerprint density at radius 2 is 1.89 bits per heavy atom. The number of aryl methyl sites for hydroxylation is 1. The Bertz CT molecular complexity index is 1670. The number of rotatable bonds is 5. The van der Waals surface area contributed by atoms with E-state index in [2.05, 4.69) is 9.97 Å². The Morgan fingerprint density at radius 1 is 1.17 bits per heavy atom. The zero-order chi connectivity index (χ0) is 26.4. The number of hydrogen-bond donors (Lipinski definition) is 3. The van der Waals surface area contributed by atoms with E-state index in [1.54, 1.807) is 26.0 Å². The molecule has 0 fully saturated rings. The van der Waals surface area contributed by atoms with E-state index < -0.39 is 51.3 Å². The summed E-state index contributed by atoms with van der Waals surface area (Å²) < 4.78 is 46.4. The predicted molar refractivity (Wildman–Crippen MR) is 124 cm³/mol. The summed E-state index contributed by atoms with van der Waals surface area (Å²) in [5.41, 5.74) is -1.70. The number of carbonyl (C=O) groups excluding carboxylic acids is 1. The molecule has 0 amide bonds. The second-order valence-corrected chi connectivity index (χ2v) is 8.43. The Labute approximate surface area is 204 Å². The third-order valence-electron chi connectivity index (χ3n) is 5.64. The largest absolute Gasteiger partial charge is 0.454 e. The molecular weight excluding hydrogens is 505 g/mol. The van der Waals surface area contributed by atoms with Gasteiger partial charge in [-0.1, -0.05) is 23.7 Å². The molecule has 0 spiro atoms. The first-order chi connectivity index (χ1) is 16.9. The number of hydrogen-bond acceptors (Lipinski definition) is 5. The molecule has 4 rings (SSSR count). The highest BCUT2D eigenvalue weighted by Crippen LogP contribution is 2.36. The number of ether oxygens (including phenoxy) is 1. The number of nitrogens with zero attached hydrogens (tertiary/aromatic N) is 1. The summed E-state index contributed by atoms with van der Waals surface area (Å²) in [6.45, 7) is 3.01. The maximum atomic E-state index is 13.3. The smallest absolute Gasteiger partial charge is 0.417 e. The van der Waals surface area contributed by atoms with Gasteiger partial charge in [0.15, 0.2) is 0 Å². The summed E-state index contributed by atoms with van der Waals surface area (Å²) in [5, 5.41) is -0.507. The third-order valence-corrected chi connectivity index (χ3v) is 6.08. The summed E-state index contributed by atoms with van der Waals surface area (Å²) in [6.07, 6.45) is -4.60. The zero-order valence-corrected chi connectivity index (χ0v) is 19.5. The molecular formula is C23H18ClF3N4O5. The van der Waals surface area contributed by atoms with Crippen molar-refractivity contribution in [2.24, 2.45) is 0 Å². The molecule has 188 valence electrons. The maximum Gasteiger partial charge on any atom is 0.417 e. The van der Waals surface area contributed by atoms with Crippen LogP contribution in [0.3, 0.4) is 0 Å². The fourth-order valence-corrected chi connectivity index (χ4v) is 4.16. The molecule has 2 heterocycles. The van der Waals surface area contributed by atoms with Crippen molar-refractivity contribution < 1.29 is 22.7 Å². The Hall–Kier alpha value is -4.06. The molecule has 4 aromatic rings. The van der Waals surface area contributed by atoms with Gasteiger partial charge in [-0.25, -0.2) is 14.4 Å². The molecule has 0 radical (unpaired) electrons. The number of fused-ring (bicyclic) bond motifs is 1. The Balaban J connectivity index is 1.71. The number of nitrogens with one attached hydrogen (secondary N) is 3. The molecule has 0 aliphatic carbocycles. The first kappa shape index (κ1) is 25.0. The molecule has 36 heavy (non-hydrogen) atoms. The zero-order valence-electron chi connectivity index (χ0n) is 18.7. The van der Waals surface area contributed by atoms with Gasteiger partial charge in [0, 0.05) is 6.20 Å². The molecule has 2 aromatic carbocycles. The van der Waals surface area contributed by atoms with Crippen molar-refractivity contribution in [3.63, 3.8) is 0 Å². The van der Waals surface area contributed by atoms with E-state index in [1.807, 2.05) is 4.98 Å². The fraction of sp³-hybridized carbons (Fsp3) is 0.217. The third kappa shape index (κ3) is 4.71. The number of carbonyl (C=O) groups is 1. The minimum Gasteiger partial charge on any atom is -0.454 e. The lowest BCUT2D eigenvalue weighted by atomic mass is 10.0. The van der Waals surface area contributed by atoms with Gasteiger partial charge in [-0.2, -0.15) is 13.2 Å². The molecule has 2 aromatic heterocycles. The Kier molecular flexibility index (Phi) is 6.39. The molecule has 1 unspecified atom stereocenters. The van der Waals surface area contributed by atoms with Crippen LogP contribution in [0.25, 0.3) is 11.0 Å². The summed E-state index contributed by atoms with van der Waals surface area (Å²) in [5.74, 6) is -0.985. The first-order valence-electron chi connectivity index (χ1n) is 10.5. The Morgan fingerprint density at radius 3 is 2.56 bits per heavy atom. The van der Waals surface area contributed by atoms with Crippen LogP contribution in [0.4, 0.5) is 13.2 Å². The van der Waals surface area contributed by atoms with Crippen LogP contribution in [0.1, 0.15) is 45.6 Å². The maximum absolute atomic E-state index is 13.3. The van der Waals surface area contributed by atoms with E-state index in [4.69, 9.17) is 16.3 Å². The number of imidazole rings is 1. The summed E-state index contributed by atoms with van der Waals surface area (Å²) in [4.78, 5) is 54.9. The van der Waals surface area contributed by atoms with Crippen LogP contribution in [0.2, 0.25) is 5.02 Å². The van der Waals surface area contributed by atoms with Gasteiger partial charge in [0.2, 0.25) is 0 Å². The number of aromatic nitrogens is 4. The van der Waals surface area contributed by atoms with E-state index in [-0.39, 0.29) is 12.1 Å². The van der Waals surface area contributed by atoms with Crippen LogP contribution < -0.4 is 16.9 Å². The minimum atomic E-state index is -4.66. The molecule has 13 heteroatoms. The number of alkyl halides is 3. The normalized spacial score (nSPS) is 12.6. The van der Waals surface area contributed by atoms with E-state index in [1.165, 1.54) is 16.7 Å². The van der Waals surface area contributed by atoms with E-state index in [0.717, 1.165) is 12.3 Å². The highest BCUT2D eigenvalue weighted by atomic mass is 35.5. The van der Waals surface area contributed by atoms with Crippen molar-refractivity contribution in [3.05, 3.63) is 101 Å². The lowest BCUT2D eigenvalue weighted by molar-refractivity contribution is -0.137. The van der Waals surface area contributed by atoms with Gasteiger partial charge in [0.1, 0.15) is 11.7 Å². The molecule has 0 aliphatic rings. The van der Waals surface area contributed by atoms with Crippen molar-refractivity contribution in [1.29, 1.82) is 0 Å². The van der Waals surface area contributed by atoms with Gasteiger partial charge in [-0.15, -0.1) is 0 Å². The van der Waals surface area contributed by atoms with Crippen LogP contribution in [0.15, 0.2) is 50.9 Å². The molecule has 0 aliphatic heterocycles. The van der Waals surface area contributed by atoms with Crippen LogP contribution in [-0.2, 0) is 17.5 Å². The molecule has 1 atom stereocenters. The average Bonchev–Trinajstić information content (AvgIpc) is 3.07. The van der Waals surface area contributed by atoms with Crippen molar-refractivity contribution in [1.82, 2.24) is 19.5 Å². The number of H-pyrrole nitrogens is 3. The summed E-state index contributed by atoms with van der Waals surface area (Å²) >= 11 is 6.01. The van der Waals surface area contributed by atoms with Crippen LogP contribution in [0, 0.1) is 6.92 Å². The summed E-state index contributed by atoms with van der Waals surface area (Å²) in [6, 6.07) is 6.66. The average molecular weight is 523 g/mol. The van der Waals surface area contributed by atoms with E-state index in [0.29, 0.717) is 22.2 Å². The van der Waals surface area contributed by atoms with Crippen LogP contribution in [0.5, 0.6) is 0 Å². The van der Waals surface area contributed by atoms with Crippen molar-refractivity contribution in [2.75, 3.05) is 0 Å². The quantitative estimate of drug-likeness (QED) is 0.344. The lowest BCUT2D eigenvalue weighted by Gasteiger charge is -2.17. The van der Waals surface area contributed by atoms with Crippen LogP contribution >= 0.6 is 11.6 Å². The standard InChI is InChI=1S/C23H18ClF3N4O5/c1-10-6-16-17(7-13(10)11(2)36-20(33)14-8-28-21(34)30-19(14)32)31(22(35)29-16)9-12-4-3-5-15(18(12)24)23(25,26)27/h3-8,11H,9H2,1-2H3,(H,29,35)(H2,28,30,32,34). The second-order valence-electron chi connectivity index (χ2n) is 8.05. The van der Waals surface area contributed by atoms with Gasteiger partial charge >= 0.3 is 23.5 Å². The summed E-state index contributed by atoms with van der Waals surface area (Å²) in [7, 11) is 0. The van der Waals surface area contributed by atoms with Gasteiger partial charge in [0.25, 0.3) is 5.56 Å². The van der Waals surface area contributed by atoms with Crippen molar-refractivity contribution in [3.8, 4) is 0 Å². The van der Waals surface area contributed by atoms with E-state index in [9.17, 15) is 32.3 Å². The molecule has 0 bridgehead atoms. The number of aromatic amines is 3. The molecule has 0 saturated carbocycles. The van der Waals surface area contributed by atoms with Gasteiger partial charge in [-0.05, 0) is 48.7 Å². The lowest BCUT2D eigenvalue weighted by Crippen LogP contribution is -2.28. The molecule has 0 saturated heterocycles. The SMILES string of the molecule is Cc1cc2[nH]c(=O)n(Cc3cccc(C(F)(F)F)c3Cl)c2cc1C(C)OC(=O)c1c[nH]c(=O)[nH]c1=O. The fourth-order valence-electron chi connectivity index (χ4n) is 3.86. The first-order valence-corrected chi connectivity index (χ1v) is 10.8. The minimum absolute atomic E-state index is 0.0911. The van der Waals surface area contributed by atoms with Gasteiger partial charge in [0.05, 0.1) is 28.2 Å². The van der Waals surface area contributed by atoms with Crippen molar-refractivity contribution in [2.45, 2.75) is 32.7 Å². The highest BCUT2D eigenvalue weighted by Gasteiger charge is 2.34. The number of halogens is 4. The monoisotopic (exact) mass is 522 g/mol. The second kappa shape index (κ2) is 9.19. The van der Waals surface area contributed by atoms with Crippen LogP contribution in [-0.4, -0.2) is 25.5 Å². The topological polar surface area (TPSA) is 130 Å². The highest BCUT2D eigenvalue weighted by molar-refractivity contribution is 6.32.